The number of nitrogens with one attached hydrogen (secondary N) is 3. The molecular formula is C23H38N4O2. The number of nitrogens with zero attached hydrogens (tertiary/aromatic N) is 1. The molecule has 1 aromatic rings. The predicted octanol–water partition coefficient (Wildman–Crippen LogP) is 3.81. The molecule has 1 saturated carbocycles. The van der Waals surface area contributed by atoms with Crippen molar-refractivity contribution in [1.29, 1.82) is 0 Å². The van der Waals surface area contributed by atoms with Gasteiger partial charge in [-0.1, -0.05) is 38.3 Å². The van der Waals surface area contributed by atoms with Crippen LogP contribution in [0.3, 0.4) is 0 Å². The normalized spacial score (nSPS) is 16.3. The van der Waals surface area contributed by atoms with E-state index in [-0.39, 0.29) is 17.9 Å². The quantitative estimate of drug-likeness (QED) is 0.354. The molecule has 0 saturated heterocycles. The van der Waals surface area contributed by atoms with Crippen LogP contribution in [0.4, 0.5) is 5.69 Å². The summed E-state index contributed by atoms with van der Waals surface area (Å²) in [5.41, 5.74) is 2.05. The average Bonchev–Trinajstić information content (AvgIpc) is 2.71. The van der Waals surface area contributed by atoms with Crippen LogP contribution in [0.2, 0.25) is 0 Å². The third-order valence-corrected chi connectivity index (χ3v) is 5.64. The van der Waals surface area contributed by atoms with Crippen molar-refractivity contribution in [3.8, 4) is 0 Å². The maximum atomic E-state index is 11.8. The Hall–Kier alpha value is -2.08. The van der Waals surface area contributed by atoms with Crippen LogP contribution in [-0.2, 0) is 11.3 Å². The second kappa shape index (κ2) is 12.5. The molecule has 0 radical (unpaired) electrons. The summed E-state index contributed by atoms with van der Waals surface area (Å²) in [7, 11) is 0. The lowest BCUT2D eigenvalue weighted by atomic mass is 9.72. The van der Waals surface area contributed by atoms with E-state index >= 15 is 0 Å². The molecule has 6 heteroatoms. The molecule has 1 aliphatic carbocycles. The summed E-state index contributed by atoms with van der Waals surface area (Å²) in [6.07, 6.45) is 8.33. The van der Waals surface area contributed by atoms with Gasteiger partial charge in [-0.3, -0.25) is 4.79 Å². The van der Waals surface area contributed by atoms with Crippen LogP contribution in [-0.4, -0.2) is 36.7 Å². The van der Waals surface area contributed by atoms with E-state index in [0.29, 0.717) is 13.0 Å². The first kappa shape index (κ1) is 23.2. The number of hydrogen-bond donors (Lipinski definition) is 4. The van der Waals surface area contributed by atoms with Gasteiger partial charge >= 0.3 is 0 Å². The standard InChI is InChI=1S/C23H38N4O2/c1-3-9-21(29)27-20-11-8-10-19(16-20)17-25-22(24-4-2)26-18-23(14-15-28)12-6-5-7-13-23/h8,10-11,16,28H,3-7,9,12-15,17-18H2,1-2H3,(H,27,29)(H2,24,25,26). The van der Waals surface area contributed by atoms with Gasteiger partial charge in [-0.2, -0.15) is 0 Å². The van der Waals surface area contributed by atoms with Crippen molar-refractivity contribution < 1.29 is 9.90 Å². The molecule has 1 fully saturated rings. The van der Waals surface area contributed by atoms with Gasteiger partial charge < -0.3 is 21.1 Å². The lowest BCUT2D eigenvalue weighted by Crippen LogP contribution is -2.44. The number of carbonyl (C=O) groups excluding carboxylic acids is 1. The molecule has 29 heavy (non-hydrogen) atoms. The van der Waals surface area contributed by atoms with Crippen molar-refractivity contribution in [2.75, 3.05) is 25.0 Å². The summed E-state index contributed by atoms with van der Waals surface area (Å²) >= 11 is 0. The topological polar surface area (TPSA) is 85.8 Å². The van der Waals surface area contributed by atoms with Gasteiger partial charge in [0.2, 0.25) is 5.91 Å². The Morgan fingerprint density at radius 1 is 1.17 bits per heavy atom. The summed E-state index contributed by atoms with van der Waals surface area (Å²) in [5, 5.41) is 19.3. The molecule has 2 rings (SSSR count). The van der Waals surface area contributed by atoms with Crippen LogP contribution in [0.15, 0.2) is 29.3 Å². The average molecular weight is 403 g/mol. The van der Waals surface area contributed by atoms with E-state index in [1.165, 1.54) is 32.1 Å². The number of anilines is 1. The number of carbonyl (C=O) groups is 1. The zero-order valence-electron chi connectivity index (χ0n) is 18.1. The Morgan fingerprint density at radius 2 is 1.97 bits per heavy atom. The Balaban J connectivity index is 1.98. The molecule has 6 nitrogen and oxygen atoms in total. The molecule has 0 spiro atoms. The fourth-order valence-corrected chi connectivity index (χ4v) is 4.04. The van der Waals surface area contributed by atoms with Crippen molar-refractivity contribution in [1.82, 2.24) is 10.6 Å². The lowest BCUT2D eigenvalue weighted by Gasteiger charge is -2.37. The molecule has 4 N–H and O–H groups in total. The minimum atomic E-state index is 0.0461. The van der Waals surface area contributed by atoms with Crippen LogP contribution in [0, 0.1) is 5.41 Å². The first-order valence-electron chi connectivity index (χ1n) is 11.1. The van der Waals surface area contributed by atoms with E-state index < -0.39 is 0 Å². The molecule has 0 unspecified atom stereocenters. The van der Waals surface area contributed by atoms with Gasteiger partial charge in [-0.25, -0.2) is 4.99 Å². The van der Waals surface area contributed by atoms with Crippen LogP contribution in [0.25, 0.3) is 0 Å². The highest BCUT2D eigenvalue weighted by molar-refractivity contribution is 5.90. The fourth-order valence-electron chi connectivity index (χ4n) is 4.04. The predicted molar refractivity (Wildman–Crippen MR) is 120 cm³/mol. The minimum Gasteiger partial charge on any atom is -0.396 e. The molecular weight excluding hydrogens is 364 g/mol. The van der Waals surface area contributed by atoms with Crippen LogP contribution in [0.5, 0.6) is 0 Å². The Morgan fingerprint density at radius 3 is 2.66 bits per heavy atom. The van der Waals surface area contributed by atoms with Gasteiger partial charge in [-0.15, -0.1) is 0 Å². The van der Waals surface area contributed by atoms with E-state index in [0.717, 1.165) is 43.1 Å². The zero-order valence-corrected chi connectivity index (χ0v) is 18.1. The second-order valence-electron chi connectivity index (χ2n) is 8.08. The second-order valence-corrected chi connectivity index (χ2v) is 8.08. The summed E-state index contributed by atoms with van der Waals surface area (Å²) in [4.78, 5) is 16.6. The number of aliphatic imine (C=N–C) groups is 1. The Labute approximate surface area is 175 Å². The van der Waals surface area contributed by atoms with Crippen LogP contribution in [0.1, 0.15) is 70.8 Å². The zero-order chi connectivity index (χ0) is 21.0. The van der Waals surface area contributed by atoms with Crippen molar-refractivity contribution >= 4 is 17.6 Å². The van der Waals surface area contributed by atoms with Crippen molar-refractivity contribution in [2.45, 2.75) is 71.8 Å². The summed E-state index contributed by atoms with van der Waals surface area (Å²) in [5.74, 6) is 0.848. The van der Waals surface area contributed by atoms with E-state index in [2.05, 4.69) is 22.9 Å². The van der Waals surface area contributed by atoms with Gasteiger partial charge in [0.1, 0.15) is 0 Å². The maximum Gasteiger partial charge on any atom is 0.224 e. The Bertz CT molecular complexity index is 649. The molecule has 1 amide bonds. The maximum absolute atomic E-state index is 11.8. The molecule has 0 heterocycles. The highest BCUT2D eigenvalue weighted by Gasteiger charge is 2.31. The smallest absolute Gasteiger partial charge is 0.224 e. The molecule has 0 atom stereocenters. The highest BCUT2D eigenvalue weighted by Crippen LogP contribution is 2.38. The minimum absolute atomic E-state index is 0.0461. The molecule has 1 aliphatic rings. The van der Waals surface area contributed by atoms with Gasteiger partial charge in [0, 0.05) is 31.8 Å². The number of aliphatic hydroxyl groups excluding tert-OH is 1. The summed E-state index contributed by atoms with van der Waals surface area (Å²) in [6, 6.07) is 7.86. The van der Waals surface area contributed by atoms with Gasteiger partial charge in [0.25, 0.3) is 0 Å². The van der Waals surface area contributed by atoms with E-state index in [1.54, 1.807) is 0 Å². The summed E-state index contributed by atoms with van der Waals surface area (Å²) < 4.78 is 0. The van der Waals surface area contributed by atoms with Gasteiger partial charge in [0.15, 0.2) is 5.96 Å². The van der Waals surface area contributed by atoms with Crippen molar-refractivity contribution in [3.63, 3.8) is 0 Å². The number of hydrogen-bond acceptors (Lipinski definition) is 3. The largest absolute Gasteiger partial charge is 0.396 e. The number of rotatable bonds is 10. The third kappa shape index (κ3) is 8.05. The van der Waals surface area contributed by atoms with E-state index in [9.17, 15) is 9.90 Å². The highest BCUT2D eigenvalue weighted by atomic mass is 16.3. The molecule has 0 bridgehead atoms. The van der Waals surface area contributed by atoms with Crippen molar-refractivity contribution in [3.05, 3.63) is 29.8 Å². The van der Waals surface area contributed by atoms with Gasteiger partial charge in [0.05, 0.1) is 6.54 Å². The number of amides is 1. The first-order valence-corrected chi connectivity index (χ1v) is 11.1. The molecule has 162 valence electrons. The van der Waals surface area contributed by atoms with Crippen molar-refractivity contribution in [2.24, 2.45) is 10.4 Å². The third-order valence-electron chi connectivity index (χ3n) is 5.64. The summed E-state index contributed by atoms with van der Waals surface area (Å²) in [6.45, 7) is 6.48. The van der Waals surface area contributed by atoms with E-state index in [4.69, 9.17) is 4.99 Å². The monoisotopic (exact) mass is 402 g/mol. The molecule has 1 aromatic carbocycles. The number of guanidine groups is 1. The SMILES string of the molecule is CCCC(=O)Nc1cccc(CN=C(NCC)NCC2(CCO)CCCCC2)c1. The van der Waals surface area contributed by atoms with E-state index in [1.807, 2.05) is 31.2 Å². The number of benzene rings is 1. The fraction of sp³-hybridized carbons (Fsp3) is 0.652. The van der Waals surface area contributed by atoms with Crippen LogP contribution >= 0.6 is 0 Å². The Kier molecular flexibility index (Phi) is 9.98. The lowest BCUT2D eigenvalue weighted by molar-refractivity contribution is -0.116. The molecule has 0 aromatic heterocycles. The first-order chi connectivity index (χ1) is 14.1. The number of aliphatic hydroxyl groups is 1. The molecule has 0 aliphatic heterocycles. The van der Waals surface area contributed by atoms with Gasteiger partial charge in [-0.05, 0) is 55.7 Å². The van der Waals surface area contributed by atoms with Crippen LogP contribution < -0.4 is 16.0 Å².